The number of likely N-dealkylation sites (N-methyl/N-ethyl adjacent to an activating group) is 1. The normalized spacial score (nSPS) is 30.5. The molecular formula is C16H14NOS-. The van der Waals surface area contributed by atoms with Crippen molar-refractivity contribution in [3.8, 4) is 0 Å². The molecule has 4 rings (SSSR count). The number of thioether (sulfide) groups is 1. The number of para-hydroxylation sites is 1. The molecular weight excluding hydrogens is 254 g/mol. The lowest BCUT2D eigenvalue weighted by Gasteiger charge is -2.44. The molecule has 3 heteroatoms. The van der Waals surface area contributed by atoms with Gasteiger partial charge >= 0.3 is 0 Å². The fraction of sp³-hybridized carbons (Fsp3) is 0.125. The van der Waals surface area contributed by atoms with Crippen molar-refractivity contribution < 1.29 is 4.42 Å². The van der Waals surface area contributed by atoms with Crippen LogP contribution in [0.4, 0.5) is 5.69 Å². The van der Waals surface area contributed by atoms with Crippen LogP contribution in [-0.2, 0) is 4.42 Å². The highest BCUT2D eigenvalue weighted by Gasteiger charge is 2.41. The van der Waals surface area contributed by atoms with Gasteiger partial charge in [-0.2, -0.15) is 6.08 Å². The summed E-state index contributed by atoms with van der Waals surface area (Å²) in [5, 5.41) is 0.326. The predicted molar refractivity (Wildman–Crippen MR) is 78.9 cm³/mol. The SMILES string of the molecule is C[N+]12[CH-]C=[O+][C-]3C=C[CH-]C=C3C1Sc1ccccc12. The molecule has 0 saturated carbocycles. The second kappa shape index (κ2) is 3.89. The van der Waals surface area contributed by atoms with Crippen LogP contribution in [0.25, 0.3) is 0 Å². The zero-order valence-electron chi connectivity index (χ0n) is 10.6. The Morgan fingerprint density at radius 2 is 2.26 bits per heavy atom. The van der Waals surface area contributed by atoms with E-state index in [1.807, 2.05) is 30.2 Å². The third-order valence-electron chi connectivity index (χ3n) is 3.86. The van der Waals surface area contributed by atoms with Gasteiger partial charge in [-0.3, -0.25) is 6.42 Å². The zero-order valence-corrected chi connectivity index (χ0v) is 11.4. The summed E-state index contributed by atoms with van der Waals surface area (Å²) in [5.74, 6) is 0. The Morgan fingerprint density at radius 1 is 1.37 bits per heavy atom. The van der Waals surface area contributed by atoms with Crippen LogP contribution in [0.1, 0.15) is 0 Å². The summed E-state index contributed by atoms with van der Waals surface area (Å²) in [6.07, 6.45) is 11.1. The van der Waals surface area contributed by atoms with Crippen LogP contribution in [-0.4, -0.2) is 18.7 Å². The summed E-state index contributed by atoms with van der Waals surface area (Å²) in [4.78, 5) is 1.36. The van der Waals surface area contributed by atoms with E-state index in [0.29, 0.717) is 5.37 Å². The van der Waals surface area contributed by atoms with Crippen molar-refractivity contribution >= 4 is 23.7 Å². The van der Waals surface area contributed by atoms with Gasteiger partial charge in [-0.25, -0.2) is 12.2 Å². The van der Waals surface area contributed by atoms with E-state index in [4.69, 9.17) is 4.42 Å². The van der Waals surface area contributed by atoms with E-state index in [1.54, 1.807) is 0 Å². The Kier molecular flexibility index (Phi) is 2.28. The summed E-state index contributed by atoms with van der Waals surface area (Å²) < 4.78 is 6.52. The molecule has 2 heterocycles. The first-order chi connectivity index (χ1) is 9.29. The van der Waals surface area contributed by atoms with E-state index in [0.717, 1.165) is 10.6 Å². The Hall–Kier alpha value is -1.71. The first kappa shape index (κ1) is 11.1. The van der Waals surface area contributed by atoms with E-state index < -0.39 is 0 Å². The van der Waals surface area contributed by atoms with Crippen LogP contribution in [0.15, 0.2) is 53.0 Å². The van der Waals surface area contributed by atoms with Gasteiger partial charge < -0.3 is 8.91 Å². The number of carbonyl (C=O) groups excluding carboxylic acids is 1. The number of hydrogen-bond acceptors (Lipinski definition) is 1. The second-order valence-electron chi connectivity index (χ2n) is 5.03. The molecule has 2 aliphatic heterocycles. The largest absolute Gasteiger partial charge is 0.400 e. The van der Waals surface area contributed by atoms with E-state index in [9.17, 15) is 0 Å². The Bertz CT molecular complexity index is 619. The van der Waals surface area contributed by atoms with E-state index in [-0.39, 0.29) is 0 Å². The number of hydrogen-bond donors (Lipinski definition) is 0. The number of benzene rings is 1. The van der Waals surface area contributed by atoms with Gasteiger partial charge in [-0.1, -0.05) is 29.5 Å². The van der Waals surface area contributed by atoms with Crippen molar-refractivity contribution in [2.75, 3.05) is 7.05 Å². The molecule has 0 bridgehead atoms. The lowest BCUT2D eigenvalue weighted by Crippen LogP contribution is -2.48. The highest BCUT2D eigenvalue weighted by atomic mass is 32.2. The van der Waals surface area contributed by atoms with Gasteiger partial charge in [-0.05, 0) is 12.1 Å². The van der Waals surface area contributed by atoms with Crippen molar-refractivity contribution in [3.05, 3.63) is 67.1 Å². The zero-order chi connectivity index (χ0) is 12.9. The molecule has 0 aromatic heterocycles. The minimum Gasteiger partial charge on any atom is -0.400 e. The molecule has 19 heavy (non-hydrogen) atoms. The fourth-order valence-corrected chi connectivity index (χ4v) is 4.35. The summed E-state index contributed by atoms with van der Waals surface area (Å²) in [7, 11) is 2.24. The van der Waals surface area contributed by atoms with Crippen LogP contribution in [0.5, 0.6) is 0 Å². The van der Waals surface area contributed by atoms with Crippen LogP contribution in [0, 0.1) is 19.1 Å². The standard InChI is InChI=1S/C16H14NOS/c1-17-10-11-18-14-8-4-2-6-12(14)16(17)19-15-9-5-3-7-13(15)17/h2-11,16H,1H3/q-1. The maximum atomic E-state index is 5.76. The lowest BCUT2D eigenvalue weighted by atomic mass is 10.0. The molecule has 1 aromatic rings. The number of allylic oxidation sites excluding steroid dienone is 2. The first-order valence-corrected chi connectivity index (χ1v) is 7.22. The molecule has 2 unspecified atom stereocenters. The van der Waals surface area contributed by atoms with Crippen molar-refractivity contribution in [1.82, 2.24) is 4.48 Å². The van der Waals surface area contributed by atoms with Crippen molar-refractivity contribution in [3.63, 3.8) is 0 Å². The second-order valence-corrected chi connectivity index (χ2v) is 6.15. The maximum absolute atomic E-state index is 5.76. The topological polar surface area (TPSA) is 11.3 Å². The van der Waals surface area contributed by atoms with Gasteiger partial charge in [-0.15, -0.1) is 6.54 Å². The van der Waals surface area contributed by atoms with Crippen LogP contribution < -0.4 is 4.48 Å². The average molecular weight is 268 g/mol. The van der Waals surface area contributed by atoms with Crippen LogP contribution in [0.3, 0.4) is 0 Å². The van der Waals surface area contributed by atoms with Gasteiger partial charge in [0.2, 0.25) is 0 Å². The van der Waals surface area contributed by atoms with Crippen LogP contribution >= 0.6 is 11.8 Å². The molecule has 1 aliphatic carbocycles. The number of fused-ring (bicyclic) bond motifs is 5. The number of nitrogens with zero attached hydrogens (tertiary/aromatic N) is 1. The van der Waals surface area contributed by atoms with Crippen LogP contribution in [0.2, 0.25) is 0 Å². The molecule has 1 aromatic carbocycles. The molecule has 3 aliphatic rings. The Balaban J connectivity index is 1.87. The molecule has 0 N–H and O–H groups in total. The van der Waals surface area contributed by atoms with Crippen molar-refractivity contribution in [1.29, 1.82) is 0 Å². The van der Waals surface area contributed by atoms with E-state index >= 15 is 0 Å². The third-order valence-corrected chi connectivity index (χ3v) is 5.37. The molecule has 0 saturated heterocycles. The maximum Gasteiger partial charge on any atom is 0.163 e. The molecule has 96 valence electrons. The first-order valence-electron chi connectivity index (χ1n) is 6.34. The Morgan fingerprint density at radius 3 is 3.21 bits per heavy atom. The smallest absolute Gasteiger partial charge is 0.163 e. The summed E-state index contributed by atoms with van der Waals surface area (Å²) in [6.45, 7) is 2.14. The molecule has 0 radical (unpaired) electrons. The van der Waals surface area contributed by atoms with Gasteiger partial charge in [0.15, 0.2) is 6.10 Å². The lowest BCUT2D eigenvalue weighted by molar-refractivity contribution is -0.418. The highest BCUT2D eigenvalue weighted by Crippen LogP contribution is 2.53. The molecule has 2 atom stereocenters. The van der Waals surface area contributed by atoms with E-state index in [2.05, 4.69) is 50.4 Å². The van der Waals surface area contributed by atoms with Crippen molar-refractivity contribution in [2.24, 2.45) is 0 Å². The van der Waals surface area contributed by atoms with Gasteiger partial charge in [0.25, 0.3) is 0 Å². The minimum absolute atomic E-state index is 0.326. The highest BCUT2D eigenvalue weighted by molar-refractivity contribution is 8.00. The monoisotopic (exact) mass is 268 g/mol. The number of aldehydes is 1. The summed E-state index contributed by atoms with van der Waals surface area (Å²) in [5.41, 5.74) is 2.60. The number of quaternary nitrogens is 1. The molecule has 0 amide bonds. The minimum atomic E-state index is 0.326. The average Bonchev–Trinajstić information content (AvgIpc) is 2.65. The quantitative estimate of drug-likeness (QED) is 0.304. The molecule has 0 fully saturated rings. The van der Waals surface area contributed by atoms with Gasteiger partial charge in [0.05, 0.1) is 17.3 Å². The number of rotatable bonds is 0. The third kappa shape index (κ3) is 1.49. The van der Waals surface area contributed by atoms with Gasteiger partial charge in [0.1, 0.15) is 12.0 Å². The molecule has 0 spiro atoms. The van der Waals surface area contributed by atoms with Gasteiger partial charge in [0, 0.05) is 0 Å². The molecule has 2 nitrogen and oxygen atoms in total. The predicted octanol–water partition coefficient (Wildman–Crippen LogP) is 3.20. The summed E-state index contributed by atoms with van der Waals surface area (Å²) in [6, 6.07) is 8.63. The van der Waals surface area contributed by atoms with E-state index in [1.165, 1.54) is 16.2 Å². The fourth-order valence-electron chi connectivity index (χ4n) is 2.84. The Labute approximate surface area is 117 Å². The summed E-state index contributed by atoms with van der Waals surface area (Å²) >= 11 is 1.92. The van der Waals surface area contributed by atoms with Crippen molar-refractivity contribution in [2.45, 2.75) is 10.3 Å².